The standard InChI is InChI=1S/C10H20N2O2/c1-4-6-9(11-7-13)10(14)12-8(3)5-2/h4,7-10,12,14H,1,5-6H2,2-3H3,(H,11,13)/t8-,9+,10?/m1/s1. The van der Waals surface area contributed by atoms with E-state index in [9.17, 15) is 9.90 Å². The Kier molecular flexibility index (Phi) is 7.06. The van der Waals surface area contributed by atoms with Crippen LogP contribution in [0.1, 0.15) is 26.7 Å². The zero-order valence-corrected chi connectivity index (χ0v) is 8.86. The maximum Gasteiger partial charge on any atom is 0.207 e. The quantitative estimate of drug-likeness (QED) is 0.302. The minimum absolute atomic E-state index is 0.228. The lowest BCUT2D eigenvalue weighted by molar-refractivity contribution is -0.111. The summed E-state index contributed by atoms with van der Waals surface area (Å²) in [4.78, 5) is 10.3. The minimum Gasteiger partial charge on any atom is -0.376 e. The highest BCUT2D eigenvalue weighted by Gasteiger charge is 2.17. The fraction of sp³-hybridized carbons (Fsp3) is 0.700. The van der Waals surface area contributed by atoms with E-state index in [1.807, 2.05) is 13.8 Å². The van der Waals surface area contributed by atoms with Crippen molar-refractivity contribution in [2.75, 3.05) is 0 Å². The molecule has 3 atom stereocenters. The SMILES string of the molecule is C=CC[C@H](NC=O)C(O)N[C@H](C)CC. The van der Waals surface area contributed by atoms with E-state index in [1.54, 1.807) is 6.08 Å². The van der Waals surface area contributed by atoms with E-state index in [2.05, 4.69) is 17.2 Å². The van der Waals surface area contributed by atoms with Crippen molar-refractivity contribution in [2.45, 2.75) is 45.0 Å². The van der Waals surface area contributed by atoms with Gasteiger partial charge in [0.2, 0.25) is 6.41 Å². The van der Waals surface area contributed by atoms with Crippen LogP contribution in [-0.2, 0) is 4.79 Å². The van der Waals surface area contributed by atoms with Gasteiger partial charge in [-0.1, -0.05) is 13.0 Å². The average Bonchev–Trinajstić information content (AvgIpc) is 2.17. The van der Waals surface area contributed by atoms with Crippen molar-refractivity contribution in [3.8, 4) is 0 Å². The summed E-state index contributed by atoms with van der Waals surface area (Å²) in [6.45, 7) is 7.58. The predicted octanol–water partition coefficient (Wildman–Crippen LogP) is 0.384. The van der Waals surface area contributed by atoms with E-state index in [-0.39, 0.29) is 12.1 Å². The third kappa shape index (κ3) is 4.99. The third-order valence-corrected chi connectivity index (χ3v) is 2.15. The van der Waals surface area contributed by atoms with Crippen LogP contribution in [0, 0.1) is 0 Å². The summed E-state index contributed by atoms with van der Waals surface area (Å²) in [5, 5.41) is 15.2. The van der Waals surface area contributed by atoms with Gasteiger partial charge >= 0.3 is 0 Å². The Labute approximate surface area is 85.4 Å². The van der Waals surface area contributed by atoms with Crippen molar-refractivity contribution in [3.05, 3.63) is 12.7 Å². The summed E-state index contributed by atoms with van der Waals surface area (Å²) in [7, 11) is 0. The smallest absolute Gasteiger partial charge is 0.207 e. The van der Waals surface area contributed by atoms with Gasteiger partial charge in [0.25, 0.3) is 0 Å². The van der Waals surface area contributed by atoms with Crippen LogP contribution in [0.2, 0.25) is 0 Å². The molecule has 0 heterocycles. The van der Waals surface area contributed by atoms with Crippen LogP contribution < -0.4 is 10.6 Å². The number of aliphatic hydroxyl groups is 1. The van der Waals surface area contributed by atoms with Crippen LogP contribution in [0.25, 0.3) is 0 Å². The summed E-state index contributed by atoms with van der Waals surface area (Å²) in [6, 6.07) is -0.0789. The van der Waals surface area contributed by atoms with Crippen LogP contribution in [-0.4, -0.2) is 29.8 Å². The van der Waals surface area contributed by atoms with Crippen molar-refractivity contribution >= 4 is 6.41 Å². The van der Waals surface area contributed by atoms with Gasteiger partial charge in [0.1, 0.15) is 6.23 Å². The molecule has 0 saturated heterocycles. The molecule has 0 aromatic carbocycles. The molecule has 1 amide bonds. The first-order valence-electron chi connectivity index (χ1n) is 4.90. The summed E-state index contributed by atoms with van der Waals surface area (Å²) in [5.74, 6) is 0. The fourth-order valence-electron chi connectivity index (χ4n) is 1.08. The summed E-state index contributed by atoms with van der Waals surface area (Å²) < 4.78 is 0. The molecule has 0 aromatic rings. The van der Waals surface area contributed by atoms with E-state index in [0.29, 0.717) is 12.8 Å². The minimum atomic E-state index is -0.729. The normalized spacial score (nSPS) is 16.8. The molecule has 0 bridgehead atoms. The molecule has 14 heavy (non-hydrogen) atoms. The Morgan fingerprint density at radius 3 is 2.64 bits per heavy atom. The Balaban J connectivity index is 4.05. The van der Waals surface area contributed by atoms with Crippen molar-refractivity contribution in [3.63, 3.8) is 0 Å². The second-order valence-electron chi connectivity index (χ2n) is 3.34. The largest absolute Gasteiger partial charge is 0.376 e. The van der Waals surface area contributed by atoms with Gasteiger partial charge in [0.05, 0.1) is 6.04 Å². The predicted molar refractivity (Wildman–Crippen MR) is 56.7 cm³/mol. The fourth-order valence-corrected chi connectivity index (χ4v) is 1.08. The van der Waals surface area contributed by atoms with Crippen LogP contribution in [0.4, 0.5) is 0 Å². The van der Waals surface area contributed by atoms with Crippen LogP contribution >= 0.6 is 0 Å². The summed E-state index contributed by atoms with van der Waals surface area (Å²) in [6.07, 6.45) is 3.01. The molecule has 4 nitrogen and oxygen atoms in total. The highest BCUT2D eigenvalue weighted by molar-refractivity contribution is 5.46. The Morgan fingerprint density at radius 1 is 1.57 bits per heavy atom. The second kappa shape index (κ2) is 7.53. The van der Waals surface area contributed by atoms with Crippen molar-refractivity contribution < 1.29 is 9.90 Å². The van der Waals surface area contributed by atoms with Crippen molar-refractivity contribution in [2.24, 2.45) is 0 Å². The monoisotopic (exact) mass is 200 g/mol. The number of hydrogen-bond donors (Lipinski definition) is 3. The number of rotatable bonds is 8. The van der Waals surface area contributed by atoms with Crippen LogP contribution in [0.3, 0.4) is 0 Å². The van der Waals surface area contributed by atoms with Gasteiger partial charge in [-0.2, -0.15) is 0 Å². The lowest BCUT2D eigenvalue weighted by Crippen LogP contribution is -2.50. The van der Waals surface area contributed by atoms with Gasteiger partial charge in [-0.3, -0.25) is 10.1 Å². The number of amides is 1. The van der Waals surface area contributed by atoms with Gasteiger partial charge in [-0.25, -0.2) is 0 Å². The number of carbonyl (C=O) groups excluding carboxylic acids is 1. The molecular formula is C10H20N2O2. The number of carbonyl (C=O) groups is 1. The number of nitrogens with one attached hydrogen (secondary N) is 2. The molecule has 0 fully saturated rings. The van der Waals surface area contributed by atoms with Gasteiger partial charge in [0, 0.05) is 6.04 Å². The average molecular weight is 200 g/mol. The topological polar surface area (TPSA) is 61.4 Å². The first-order valence-corrected chi connectivity index (χ1v) is 4.90. The van der Waals surface area contributed by atoms with Gasteiger partial charge in [-0.05, 0) is 19.8 Å². The maximum absolute atomic E-state index is 10.3. The highest BCUT2D eigenvalue weighted by atomic mass is 16.3. The molecule has 82 valence electrons. The molecule has 0 rings (SSSR count). The Hall–Kier alpha value is -0.870. The molecule has 0 aliphatic heterocycles. The lowest BCUT2D eigenvalue weighted by Gasteiger charge is -2.25. The van der Waals surface area contributed by atoms with E-state index in [4.69, 9.17) is 0 Å². The molecule has 4 heteroatoms. The third-order valence-electron chi connectivity index (χ3n) is 2.15. The maximum atomic E-state index is 10.3. The Morgan fingerprint density at radius 2 is 2.21 bits per heavy atom. The molecule has 1 unspecified atom stereocenters. The summed E-state index contributed by atoms with van der Waals surface area (Å²) >= 11 is 0. The van der Waals surface area contributed by atoms with Crippen molar-refractivity contribution in [1.29, 1.82) is 0 Å². The zero-order chi connectivity index (χ0) is 11.0. The zero-order valence-electron chi connectivity index (χ0n) is 8.86. The van der Waals surface area contributed by atoms with Crippen molar-refractivity contribution in [1.82, 2.24) is 10.6 Å². The molecule has 0 spiro atoms. The molecule has 0 radical (unpaired) electrons. The number of aliphatic hydroxyl groups excluding tert-OH is 1. The summed E-state index contributed by atoms with van der Waals surface area (Å²) in [5.41, 5.74) is 0. The first-order chi connectivity index (χ1) is 6.65. The molecule has 3 N–H and O–H groups in total. The van der Waals surface area contributed by atoms with E-state index in [1.165, 1.54) is 0 Å². The van der Waals surface area contributed by atoms with E-state index in [0.717, 1.165) is 6.42 Å². The van der Waals surface area contributed by atoms with Crippen LogP contribution in [0.5, 0.6) is 0 Å². The second-order valence-corrected chi connectivity index (χ2v) is 3.34. The van der Waals surface area contributed by atoms with Gasteiger partial charge in [-0.15, -0.1) is 6.58 Å². The Bertz CT molecular complexity index is 164. The number of hydrogen-bond acceptors (Lipinski definition) is 3. The molecule has 0 aliphatic carbocycles. The van der Waals surface area contributed by atoms with Gasteiger partial charge < -0.3 is 10.4 Å². The molecule has 0 saturated carbocycles. The molecule has 0 aliphatic rings. The lowest BCUT2D eigenvalue weighted by atomic mass is 10.1. The molecular weight excluding hydrogens is 180 g/mol. The van der Waals surface area contributed by atoms with E-state index < -0.39 is 6.23 Å². The van der Waals surface area contributed by atoms with Gasteiger partial charge in [0.15, 0.2) is 0 Å². The van der Waals surface area contributed by atoms with Crippen LogP contribution in [0.15, 0.2) is 12.7 Å². The molecule has 0 aromatic heterocycles. The highest BCUT2D eigenvalue weighted by Crippen LogP contribution is 1.99. The first kappa shape index (κ1) is 13.1. The van der Waals surface area contributed by atoms with E-state index >= 15 is 0 Å².